The average Bonchev–Trinajstić information content (AvgIpc) is 0.641. The summed E-state index contributed by atoms with van der Waals surface area (Å²) < 4.78 is 0. The van der Waals surface area contributed by atoms with Gasteiger partial charge in [-0.05, 0) is 238 Å². The smallest absolute Gasteiger partial charge is 0.126 e. The lowest BCUT2D eigenvalue weighted by Crippen LogP contribution is -2.22. The van der Waals surface area contributed by atoms with Gasteiger partial charge in [-0.2, -0.15) is 0 Å². The third-order valence-corrected chi connectivity index (χ3v) is 45.2. The summed E-state index contributed by atoms with van der Waals surface area (Å²) >= 11 is 0. The zero-order chi connectivity index (χ0) is 93.5. The van der Waals surface area contributed by atoms with E-state index in [1.54, 1.807) is 0 Å². The minimum atomic E-state index is -1.99. The van der Waals surface area contributed by atoms with E-state index in [1.807, 2.05) is 0 Å². The number of unbranched alkanes of at least 4 members (excludes halogenated alkanes) is 42. The first-order valence-electron chi connectivity index (χ1n) is 55.3. The van der Waals surface area contributed by atoms with Crippen LogP contribution in [0.5, 0.6) is 0 Å². The molecule has 0 bridgehead atoms. The highest BCUT2D eigenvalue weighted by molar-refractivity contribution is 6.87. The first-order chi connectivity index (χ1) is 63.7. The van der Waals surface area contributed by atoms with Crippen LogP contribution in [-0.4, -0.2) is 48.4 Å². The first-order valence-corrected chi connectivity index (χ1v) is 74.5. The number of fused-ring (bicyclic) bond motifs is 6. The largest absolute Gasteiger partial charge is 0.132 e. The minimum absolute atomic E-state index is 1.14. The normalized spacial score (nSPS) is 12.7. The van der Waals surface area contributed by atoms with Gasteiger partial charge in [0.15, 0.2) is 0 Å². The molecule has 0 aliphatic carbocycles. The zero-order valence-corrected chi connectivity index (χ0v) is 93.1. The highest BCUT2D eigenvalue weighted by atomic mass is 28.3. The van der Waals surface area contributed by atoms with Crippen molar-refractivity contribution in [3.8, 4) is 68.8 Å². The van der Waals surface area contributed by atoms with E-state index >= 15 is 0 Å². The van der Waals surface area contributed by atoms with Crippen LogP contribution < -0.4 is 0 Å². The average molecular weight is 1860 g/mol. The number of hydrogen-bond acceptors (Lipinski definition) is 0. The maximum Gasteiger partial charge on any atom is 0.132 e. The lowest BCUT2D eigenvalue weighted by atomic mass is 9.72. The Balaban J connectivity index is 1.13. The van der Waals surface area contributed by atoms with E-state index in [1.165, 1.54) is 474 Å². The van der Waals surface area contributed by atoms with Gasteiger partial charge in [0.25, 0.3) is 0 Å². The summed E-state index contributed by atoms with van der Waals surface area (Å²) in [6.45, 7) is 44.7. The molecule has 0 aliphatic heterocycles. The Morgan fingerprint density at radius 1 is 0.136 bits per heavy atom. The highest BCUT2D eigenvalue weighted by Crippen LogP contribution is 2.61. The third kappa shape index (κ3) is 26.6. The second-order valence-electron chi connectivity index (χ2n) is 46.1. The predicted molar refractivity (Wildman–Crippen MR) is 614 cm³/mol. The quantitative estimate of drug-likeness (QED) is 0.0117. The second kappa shape index (κ2) is 48.5. The minimum Gasteiger partial charge on any atom is -0.126 e. The van der Waals surface area contributed by atoms with Crippen molar-refractivity contribution in [2.45, 2.75) is 465 Å². The molecule has 0 unspecified atom stereocenters. The molecule has 0 saturated carbocycles. The molecular formula is C126H174Si6. The van der Waals surface area contributed by atoms with Gasteiger partial charge in [-0.1, -0.05) is 464 Å². The summed E-state index contributed by atoms with van der Waals surface area (Å²) in [4.78, 5) is 0. The molecule has 0 radical (unpaired) electrons. The van der Waals surface area contributed by atoms with Gasteiger partial charge in [0, 0.05) is 33.4 Å². The Kier molecular flexibility index (Phi) is 37.7. The van der Waals surface area contributed by atoms with Crippen LogP contribution in [0.15, 0.2) is 72.8 Å². The Bertz CT molecular complexity index is 5130. The van der Waals surface area contributed by atoms with E-state index in [4.69, 9.17) is 0 Å². The second-order valence-corrected chi connectivity index (χ2v) is 73.2. The molecule has 0 nitrogen and oxygen atoms in total. The summed E-state index contributed by atoms with van der Waals surface area (Å²) in [6.07, 6.45) is 64.1. The number of benzene rings is 13. The topological polar surface area (TPSA) is 0 Å². The maximum absolute atomic E-state index is 4.20. The molecule has 0 atom stereocenters. The van der Waals surface area contributed by atoms with Crippen molar-refractivity contribution in [2.75, 3.05) is 0 Å². The molecule has 0 spiro atoms. The van der Waals surface area contributed by atoms with Crippen LogP contribution in [-0.2, 0) is 0 Å². The van der Waals surface area contributed by atoms with Crippen molar-refractivity contribution in [1.82, 2.24) is 0 Å². The number of rotatable bonds is 54. The van der Waals surface area contributed by atoms with Crippen LogP contribution >= 0.6 is 0 Å². The molecule has 13 rings (SSSR count). The van der Waals surface area contributed by atoms with E-state index < -0.39 is 48.4 Å². The Morgan fingerprint density at radius 2 is 0.235 bits per heavy atom. The van der Waals surface area contributed by atoms with Gasteiger partial charge in [-0.15, -0.1) is 33.3 Å². The zero-order valence-electron chi connectivity index (χ0n) is 87.1. The van der Waals surface area contributed by atoms with E-state index in [0.29, 0.717) is 0 Å². The molecule has 702 valence electrons. The molecule has 0 aromatic heterocycles. The van der Waals surface area contributed by atoms with Crippen molar-refractivity contribution >= 4 is 178 Å². The molecule has 0 heterocycles. The van der Waals surface area contributed by atoms with Crippen LogP contribution in [0.1, 0.15) is 383 Å². The Labute approximate surface area is 810 Å². The van der Waals surface area contributed by atoms with Gasteiger partial charge in [-0.25, -0.2) is 0 Å². The van der Waals surface area contributed by atoms with Gasteiger partial charge < -0.3 is 0 Å². The summed E-state index contributed by atoms with van der Waals surface area (Å²) in [5, 5.41) is 32.7. The lowest BCUT2D eigenvalue weighted by Gasteiger charge is -2.29. The van der Waals surface area contributed by atoms with Crippen LogP contribution in [0.4, 0.5) is 0 Å². The summed E-state index contributed by atoms with van der Waals surface area (Å²) in [5.74, 6) is 24.9. The molecule has 132 heavy (non-hydrogen) atoms. The first kappa shape index (κ1) is 103. The molecule has 0 amide bonds. The van der Waals surface area contributed by atoms with Crippen molar-refractivity contribution in [1.29, 1.82) is 0 Å². The monoisotopic (exact) mass is 1860 g/mol. The standard InChI is InChI=1S/C126H174Si6/c1-19-25-31-37-43-49-55-61-73-127(7,8)79-67-97-85-103-105-87-98(68-80-128(9,10)74-62-56-50-44-38-32-26-20-2)89-107-109-91-100(70-82-130(13,14)76-64-58-52-46-40-34-28-22-4)93-111-113-95-102(72-84-132(17,18)78-66-60-54-48-42-36-30-24-6)96-114-112-94-101(71-83-131(15,16)77-65-59-53-47-41-35-29-23-5)92-110-108-90-99(69-81-129(11,12)75-63-57-51-45-39-33-27-21-3)88-106-104(86-97)115(103)121-122(116(105)107)124(118(109)111)126(120(113)114)125(119(110)112)123(121)117(106)108/h85-96H,19-66,73-78H2,1-18H3. The van der Waals surface area contributed by atoms with Gasteiger partial charge in [0.05, 0.1) is 0 Å². The molecule has 0 saturated heterocycles. The SMILES string of the molecule is CCCCCCCCCC[Si](C)(C)C#Cc1cc2c3cc(C#C[Si](C)(C)CCCCCCCCCC)cc4c5cc(C#C[Si](C)(C)CCCCCCCCCC)cc6c7cc(C#C[Si](C)(C)CCCCCCCCCC)cc8c9cc(C#C[Si](C)(C)CCCCCCCCCC)cc%10c%11cc(C#C[Si](C)(C)CCCCCCCCCC)cc%12c(c1)c2c1c(c34)c(c56)c(c78)c(c%109)c1c%12%11. The van der Waals surface area contributed by atoms with E-state index in [-0.39, 0.29) is 0 Å². The molecule has 0 aliphatic rings. The van der Waals surface area contributed by atoms with Crippen molar-refractivity contribution in [2.24, 2.45) is 0 Å². The summed E-state index contributed by atoms with van der Waals surface area (Å²) in [7, 11) is -11.9. The Morgan fingerprint density at radius 3 is 0.341 bits per heavy atom. The molecule has 0 fully saturated rings. The molecular weight excluding hydrogens is 1680 g/mol. The van der Waals surface area contributed by atoms with Crippen LogP contribution in [0.2, 0.25) is 115 Å². The molecule has 0 N–H and O–H groups in total. The maximum atomic E-state index is 4.20. The van der Waals surface area contributed by atoms with E-state index in [0.717, 1.165) is 33.4 Å². The third-order valence-electron chi connectivity index (χ3n) is 30.8. The summed E-state index contributed by atoms with van der Waals surface area (Å²) in [6, 6.07) is 38.6. The number of hydrogen-bond donors (Lipinski definition) is 0. The molecule has 13 aromatic carbocycles. The lowest BCUT2D eigenvalue weighted by molar-refractivity contribution is 0.584. The fraction of sp³-hybridized carbons (Fsp3) is 0.571. The summed E-state index contributed by atoms with van der Waals surface area (Å²) in [5.41, 5.74) is 32.0. The Hall–Kier alpha value is -6.80. The van der Waals surface area contributed by atoms with Crippen molar-refractivity contribution in [3.05, 3.63) is 106 Å². The molecule has 6 heteroatoms. The van der Waals surface area contributed by atoms with Gasteiger partial charge >= 0.3 is 0 Å². The van der Waals surface area contributed by atoms with Gasteiger partial charge in [-0.3, -0.25) is 0 Å². The van der Waals surface area contributed by atoms with E-state index in [2.05, 4.69) is 262 Å². The van der Waals surface area contributed by atoms with Crippen LogP contribution in [0.3, 0.4) is 0 Å². The van der Waals surface area contributed by atoms with Gasteiger partial charge in [0.2, 0.25) is 0 Å². The highest BCUT2D eigenvalue weighted by Gasteiger charge is 2.35. The molecule has 13 aromatic rings. The van der Waals surface area contributed by atoms with Crippen molar-refractivity contribution in [3.63, 3.8) is 0 Å². The van der Waals surface area contributed by atoms with Crippen LogP contribution in [0, 0.1) is 68.8 Å². The predicted octanol–water partition coefficient (Wildman–Crippen LogP) is 40.6. The van der Waals surface area contributed by atoms with E-state index in [9.17, 15) is 0 Å². The van der Waals surface area contributed by atoms with Crippen LogP contribution in [0.25, 0.3) is 129 Å². The van der Waals surface area contributed by atoms with Gasteiger partial charge in [0.1, 0.15) is 48.4 Å². The van der Waals surface area contributed by atoms with Crippen molar-refractivity contribution < 1.29 is 0 Å². The fourth-order valence-corrected chi connectivity index (χ4v) is 33.2. The fourth-order valence-electron chi connectivity index (χ4n) is 22.7.